The Morgan fingerprint density at radius 3 is 2.53 bits per heavy atom. The Hall–Kier alpha value is -1.10. The molecule has 0 fully saturated rings. The van der Waals surface area contributed by atoms with Gasteiger partial charge in [0.2, 0.25) is 0 Å². The minimum Gasteiger partial charge on any atom is -0.494 e. The maximum absolute atomic E-state index is 5.37. The third-order valence-corrected chi connectivity index (χ3v) is 2.05. The van der Waals surface area contributed by atoms with Crippen LogP contribution in [0.1, 0.15) is 12.5 Å². The molecule has 84 valence electrons. The molecule has 0 aliphatic carbocycles. The largest absolute Gasteiger partial charge is 0.494 e. The molecule has 0 spiro atoms. The van der Waals surface area contributed by atoms with Gasteiger partial charge in [0.25, 0.3) is 0 Å². The van der Waals surface area contributed by atoms with Gasteiger partial charge in [-0.2, -0.15) is 0 Å². The fourth-order valence-electron chi connectivity index (χ4n) is 1.38. The van der Waals surface area contributed by atoms with E-state index in [2.05, 4.69) is 22.5 Å². The van der Waals surface area contributed by atoms with E-state index >= 15 is 0 Å². The number of nitrogens with two attached hydrogens (primary N) is 1. The number of nitrogens with zero attached hydrogens (tertiary/aromatic N) is 1. The highest BCUT2D eigenvalue weighted by molar-refractivity contribution is 5.27. The zero-order valence-corrected chi connectivity index (χ0v) is 9.36. The lowest BCUT2D eigenvalue weighted by Crippen LogP contribution is -2.34. The Labute approximate surface area is 91.0 Å². The fraction of sp³-hybridized carbons (Fsp3) is 0.455. The SMILES string of the molecule is CCOc1ccc(CN(C)CNN)cc1. The molecule has 3 N–H and O–H groups in total. The monoisotopic (exact) mass is 209 g/mol. The number of hydrazine groups is 1. The number of rotatable bonds is 6. The lowest BCUT2D eigenvalue weighted by Gasteiger charge is -2.15. The van der Waals surface area contributed by atoms with Gasteiger partial charge in [0.15, 0.2) is 0 Å². The van der Waals surface area contributed by atoms with Crippen molar-refractivity contribution in [3.63, 3.8) is 0 Å². The van der Waals surface area contributed by atoms with E-state index in [0.717, 1.165) is 12.3 Å². The first kappa shape index (κ1) is 12.0. The molecule has 4 heteroatoms. The van der Waals surface area contributed by atoms with Crippen molar-refractivity contribution < 1.29 is 4.74 Å². The van der Waals surface area contributed by atoms with E-state index in [1.807, 2.05) is 26.1 Å². The van der Waals surface area contributed by atoms with Crippen LogP contribution < -0.4 is 16.0 Å². The Morgan fingerprint density at radius 1 is 1.33 bits per heavy atom. The summed E-state index contributed by atoms with van der Waals surface area (Å²) in [7, 11) is 2.01. The third-order valence-electron chi connectivity index (χ3n) is 2.05. The molecular formula is C11H19N3O. The zero-order valence-electron chi connectivity index (χ0n) is 9.36. The molecule has 0 amide bonds. The van der Waals surface area contributed by atoms with Crippen LogP contribution in [0.25, 0.3) is 0 Å². The Balaban J connectivity index is 2.48. The highest BCUT2D eigenvalue weighted by Crippen LogP contribution is 2.12. The van der Waals surface area contributed by atoms with Gasteiger partial charge < -0.3 is 4.74 Å². The van der Waals surface area contributed by atoms with Crippen LogP contribution in [0.2, 0.25) is 0 Å². The summed E-state index contributed by atoms with van der Waals surface area (Å²) < 4.78 is 5.37. The van der Waals surface area contributed by atoms with Crippen LogP contribution in [0.5, 0.6) is 5.75 Å². The number of hydrogen-bond acceptors (Lipinski definition) is 4. The highest BCUT2D eigenvalue weighted by atomic mass is 16.5. The first-order chi connectivity index (χ1) is 7.26. The van der Waals surface area contributed by atoms with Crippen LogP contribution in [0, 0.1) is 0 Å². The first-order valence-electron chi connectivity index (χ1n) is 5.10. The van der Waals surface area contributed by atoms with Gasteiger partial charge in [-0.15, -0.1) is 0 Å². The molecule has 0 aliphatic rings. The minimum absolute atomic E-state index is 0.674. The van der Waals surface area contributed by atoms with Crippen LogP contribution in [0.3, 0.4) is 0 Å². The molecule has 0 heterocycles. The van der Waals surface area contributed by atoms with E-state index in [1.54, 1.807) is 0 Å². The Bertz CT molecular complexity index is 274. The van der Waals surface area contributed by atoms with Crippen LogP contribution >= 0.6 is 0 Å². The van der Waals surface area contributed by atoms with Crippen molar-refractivity contribution in [3.05, 3.63) is 29.8 Å². The predicted octanol–water partition coefficient (Wildman–Crippen LogP) is 0.938. The molecule has 0 aliphatic heterocycles. The van der Waals surface area contributed by atoms with Crippen molar-refractivity contribution >= 4 is 0 Å². The van der Waals surface area contributed by atoms with Gasteiger partial charge in [-0.05, 0) is 31.7 Å². The molecular weight excluding hydrogens is 190 g/mol. The quantitative estimate of drug-likeness (QED) is 0.416. The maximum atomic E-state index is 5.37. The number of benzene rings is 1. The number of nitrogens with one attached hydrogen (secondary N) is 1. The zero-order chi connectivity index (χ0) is 11.1. The normalized spacial score (nSPS) is 10.7. The molecule has 1 rings (SSSR count). The lowest BCUT2D eigenvalue weighted by molar-refractivity contribution is 0.301. The second-order valence-corrected chi connectivity index (χ2v) is 3.45. The van der Waals surface area contributed by atoms with Crippen LogP contribution in [-0.4, -0.2) is 25.2 Å². The summed E-state index contributed by atoms with van der Waals surface area (Å²) in [5.41, 5.74) is 3.87. The topological polar surface area (TPSA) is 50.5 Å². The van der Waals surface area contributed by atoms with E-state index in [1.165, 1.54) is 5.56 Å². The van der Waals surface area contributed by atoms with Crippen molar-refractivity contribution in [2.24, 2.45) is 5.84 Å². The van der Waals surface area contributed by atoms with Gasteiger partial charge in [0.05, 0.1) is 13.3 Å². The molecule has 1 aromatic carbocycles. The first-order valence-corrected chi connectivity index (χ1v) is 5.10. The minimum atomic E-state index is 0.674. The van der Waals surface area contributed by atoms with Gasteiger partial charge in [-0.3, -0.25) is 10.7 Å². The average molecular weight is 209 g/mol. The van der Waals surface area contributed by atoms with Gasteiger partial charge in [-0.25, -0.2) is 5.43 Å². The van der Waals surface area contributed by atoms with Gasteiger partial charge in [0, 0.05) is 6.54 Å². The van der Waals surface area contributed by atoms with Crippen molar-refractivity contribution in [2.75, 3.05) is 20.3 Å². The summed E-state index contributed by atoms with van der Waals surface area (Å²) in [4.78, 5) is 2.09. The molecule has 0 aromatic heterocycles. The second kappa shape index (κ2) is 6.40. The average Bonchev–Trinajstić information content (AvgIpc) is 2.22. The predicted molar refractivity (Wildman–Crippen MR) is 61.3 cm³/mol. The van der Waals surface area contributed by atoms with Crippen LogP contribution in [0.4, 0.5) is 0 Å². The summed E-state index contributed by atoms with van der Waals surface area (Å²) >= 11 is 0. The van der Waals surface area contributed by atoms with Crippen LogP contribution in [-0.2, 0) is 6.54 Å². The molecule has 0 unspecified atom stereocenters. The lowest BCUT2D eigenvalue weighted by atomic mass is 10.2. The third kappa shape index (κ3) is 4.29. The molecule has 0 atom stereocenters. The Morgan fingerprint density at radius 2 is 2.00 bits per heavy atom. The van der Waals surface area contributed by atoms with E-state index in [0.29, 0.717) is 13.3 Å². The van der Waals surface area contributed by atoms with Crippen molar-refractivity contribution in [3.8, 4) is 5.75 Å². The fourth-order valence-corrected chi connectivity index (χ4v) is 1.38. The summed E-state index contributed by atoms with van der Waals surface area (Å²) in [5.74, 6) is 6.15. The standard InChI is InChI=1S/C11H19N3O/c1-3-15-11-6-4-10(5-7-11)8-14(2)9-13-12/h4-7,13H,3,8-9,12H2,1-2H3. The Kier molecular flexibility index (Phi) is 5.10. The summed E-state index contributed by atoms with van der Waals surface area (Å²) in [6.45, 7) is 4.23. The smallest absolute Gasteiger partial charge is 0.119 e. The van der Waals surface area contributed by atoms with E-state index in [4.69, 9.17) is 10.6 Å². The molecule has 4 nitrogen and oxygen atoms in total. The number of hydrogen-bond donors (Lipinski definition) is 2. The van der Waals surface area contributed by atoms with Gasteiger partial charge >= 0.3 is 0 Å². The molecule has 15 heavy (non-hydrogen) atoms. The van der Waals surface area contributed by atoms with E-state index < -0.39 is 0 Å². The van der Waals surface area contributed by atoms with Crippen LogP contribution in [0.15, 0.2) is 24.3 Å². The van der Waals surface area contributed by atoms with Crippen molar-refractivity contribution in [2.45, 2.75) is 13.5 Å². The molecule has 0 bridgehead atoms. The molecule has 0 radical (unpaired) electrons. The van der Waals surface area contributed by atoms with Crippen molar-refractivity contribution in [1.29, 1.82) is 0 Å². The van der Waals surface area contributed by atoms with E-state index in [9.17, 15) is 0 Å². The highest BCUT2D eigenvalue weighted by Gasteiger charge is 1.99. The summed E-state index contributed by atoms with van der Waals surface area (Å²) in [6.07, 6.45) is 0. The van der Waals surface area contributed by atoms with Crippen molar-refractivity contribution in [1.82, 2.24) is 10.3 Å². The molecule has 0 saturated heterocycles. The summed E-state index contributed by atoms with van der Waals surface area (Å²) in [6, 6.07) is 8.11. The van der Waals surface area contributed by atoms with Gasteiger partial charge in [0.1, 0.15) is 5.75 Å². The molecule has 1 aromatic rings. The molecule has 0 saturated carbocycles. The van der Waals surface area contributed by atoms with Gasteiger partial charge in [-0.1, -0.05) is 12.1 Å². The summed E-state index contributed by atoms with van der Waals surface area (Å²) in [5, 5.41) is 0. The second-order valence-electron chi connectivity index (χ2n) is 3.45. The maximum Gasteiger partial charge on any atom is 0.119 e. The number of ether oxygens (including phenoxy) is 1. The van der Waals surface area contributed by atoms with E-state index in [-0.39, 0.29) is 0 Å².